The van der Waals surface area contributed by atoms with Crippen LogP contribution in [0, 0.1) is 0 Å². The Labute approximate surface area is 132 Å². The number of sulfonamides is 1. The summed E-state index contributed by atoms with van der Waals surface area (Å²) in [7, 11) is -3.69. The quantitative estimate of drug-likeness (QED) is 0.780. The van der Waals surface area contributed by atoms with Gasteiger partial charge in [0.15, 0.2) is 0 Å². The van der Waals surface area contributed by atoms with Crippen molar-refractivity contribution in [1.29, 1.82) is 0 Å². The molecule has 1 unspecified atom stereocenters. The Morgan fingerprint density at radius 3 is 3.05 bits per heavy atom. The smallest absolute Gasteiger partial charge is 0.246 e. The maximum absolute atomic E-state index is 12.8. The molecule has 1 aromatic rings. The van der Waals surface area contributed by atoms with Crippen LogP contribution >= 0.6 is 15.9 Å². The summed E-state index contributed by atoms with van der Waals surface area (Å²) in [6.07, 6.45) is 1.06. The van der Waals surface area contributed by atoms with Crippen molar-refractivity contribution in [3.8, 4) is 0 Å². The lowest BCUT2D eigenvalue weighted by Gasteiger charge is -2.31. The number of aliphatic hydroxyl groups excluding tert-OH is 1. The number of hydrogen-bond acceptors (Lipinski definition) is 6. The van der Waals surface area contributed by atoms with Gasteiger partial charge in [0.2, 0.25) is 10.0 Å². The van der Waals surface area contributed by atoms with Crippen LogP contribution in [0.2, 0.25) is 0 Å². The molecule has 0 amide bonds. The second-order valence-corrected chi connectivity index (χ2v) is 7.39. The zero-order valence-corrected chi connectivity index (χ0v) is 14.0. The van der Waals surface area contributed by atoms with E-state index in [1.807, 2.05) is 6.92 Å². The number of hydrogen-bond donors (Lipinski definition) is 2. The maximum Gasteiger partial charge on any atom is 0.246 e. The van der Waals surface area contributed by atoms with Crippen LogP contribution in [-0.2, 0) is 14.8 Å². The number of aliphatic hydroxyl groups is 1. The largest absolute Gasteiger partial charge is 0.394 e. The summed E-state index contributed by atoms with van der Waals surface area (Å²) in [6.45, 7) is 2.90. The summed E-state index contributed by atoms with van der Waals surface area (Å²) in [5.74, 6) is 0.327. The van der Waals surface area contributed by atoms with Crippen molar-refractivity contribution in [3.63, 3.8) is 0 Å². The molecular weight excluding hydrogens is 362 g/mol. The van der Waals surface area contributed by atoms with Gasteiger partial charge < -0.3 is 15.2 Å². The van der Waals surface area contributed by atoms with Crippen molar-refractivity contribution in [1.82, 2.24) is 9.29 Å². The van der Waals surface area contributed by atoms with E-state index in [0.717, 1.165) is 0 Å². The van der Waals surface area contributed by atoms with Crippen LogP contribution in [0.4, 0.5) is 5.82 Å². The van der Waals surface area contributed by atoms with Gasteiger partial charge in [-0.3, -0.25) is 0 Å². The first-order valence-electron chi connectivity index (χ1n) is 6.61. The highest BCUT2D eigenvalue weighted by atomic mass is 79.9. The van der Waals surface area contributed by atoms with Gasteiger partial charge in [0.25, 0.3) is 0 Å². The van der Waals surface area contributed by atoms with Gasteiger partial charge in [0.05, 0.1) is 19.3 Å². The molecule has 0 bridgehead atoms. The molecule has 0 spiro atoms. The standard InChI is InChI=1S/C12H18BrN3O4S/c1-2-14-12-11(5-9(13)6-15-12)21(18,19)16-3-4-20-10(7-16)8-17/h5-6,10,17H,2-4,7-8H2,1H3,(H,14,15). The number of pyridine rings is 1. The molecule has 0 aliphatic carbocycles. The first kappa shape index (κ1) is 16.6. The van der Waals surface area contributed by atoms with Gasteiger partial charge in [0, 0.05) is 30.3 Å². The van der Waals surface area contributed by atoms with E-state index in [9.17, 15) is 8.42 Å². The zero-order valence-electron chi connectivity index (χ0n) is 11.6. The minimum Gasteiger partial charge on any atom is -0.394 e. The summed E-state index contributed by atoms with van der Waals surface area (Å²) in [5, 5.41) is 12.1. The van der Waals surface area contributed by atoms with Gasteiger partial charge in [-0.15, -0.1) is 0 Å². The minimum absolute atomic E-state index is 0.123. The number of rotatable bonds is 5. The van der Waals surface area contributed by atoms with E-state index in [1.54, 1.807) is 6.20 Å². The number of aromatic nitrogens is 1. The van der Waals surface area contributed by atoms with Crippen LogP contribution in [0.5, 0.6) is 0 Å². The molecule has 2 rings (SSSR count). The van der Waals surface area contributed by atoms with Crippen LogP contribution in [0.1, 0.15) is 6.92 Å². The average molecular weight is 380 g/mol. The van der Waals surface area contributed by atoms with Crippen LogP contribution in [0.15, 0.2) is 21.6 Å². The van der Waals surface area contributed by atoms with E-state index in [2.05, 4.69) is 26.2 Å². The number of halogens is 1. The lowest BCUT2D eigenvalue weighted by atomic mass is 10.3. The lowest BCUT2D eigenvalue weighted by molar-refractivity contribution is -0.0304. The summed E-state index contributed by atoms with van der Waals surface area (Å²) in [5.41, 5.74) is 0. The molecule has 0 radical (unpaired) electrons. The lowest BCUT2D eigenvalue weighted by Crippen LogP contribution is -2.46. The van der Waals surface area contributed by atoms with Gasteiger partial charge in [-0.2, -0.15) is 4.31 Å². The first-order chi connectivity index (χ1) is 9.98. The highest BCUT2D eigenvalue weighted by Crippen LogP contribution is 2.27. The SMILES string of the molecule is CCNc1ncc(Br)cc1S(=O)(=O)N1CCOC(CO)C1. The van der Waals surface area contributed by atoms with E-state index < -0.39 is 16.1 Å². The highest BCUT2D eigenvalue weighted by Gasteiger charge is 2.32. The molecule has 2 heterocycles. The summed E-state index contributed by atoms with van der Waals surface area (Å²) in [4.78, 5) is 4.25. The predicted molar refractivity (Wildman–Crippen MR) is 81.7 cm³/mol. The van der Waals surface area contributed by atoms with E-state index in [4.69, 9.17) is 9.84 Å². The number of ether oxygens (including phenoxy) is 1. The monoisotopic (exact) mass is 379 g/mol. The number of anilines is 1. The van der Waals surface area contributed by atoms with Gasteiger partial charge in [-0.05, 0) is 28.9 Å². The van der Waals surface area contributed by atoms with Crippen LogP contribution in [-0.4, -0.2) is 61.8 Å². The summed E-state index contributed by atoms with van der Waals surface area (Å²) >= 11 is 3.25. The normalized spacial score (nSPS) is 20.4. The molecule has 1 fully saturated rings. The molecule has 1 atom stereocenters. The fraction of sp³-hybridized carbons (Fsp3) is 0.583. The van der Waals surface area contributed by atoms with Crippen molar-refractivity contribution in [3.05, 3.63) is 16.7 Å². The zero-order chi connectivity index (χ0) is 15.5. The topological polar surface area (TPSA) is 91.8 Å². The molecular formula is C12H18BrN3O4S. The van der Waals surface area contributed by atoms with Crippen molar-refractivity contribution in [2.45, 2.75) is 17.9 Å². The number of nitrogens with one attached hydrogen (secondary N) is 1. The Balaban J connectivity index is 2.36. The third-order valence-electron chi connectivity index (χ3n) is 3.09. The van der Waals surface area contributed by atoms with E-state index in [0.29, 0.717) is 16.8 Å². The van der Waals surface area contributed by atoms with Crippen LogP contribution < -0.4 is 5.32 Å². The highest BCUT2D eigenvalue weighted by molar-refractivity contribution is 9.10. The van der Waals surface area contributed by atoms with E-state index >= 15 is 0 Å². The van der Waals surface area contributed by atoms with Crippen molar-refractivity contribution < 1.29 is 18.3 Å². The summed E-state index contributed by atoms with van der Waals surface area (Å²) < 4.78 is 32.8. The molecule has 9 heteroatoms. The molecule has 0 saturated carbocycles. The van der Waals surface area contributed by atoms with Gasteiger partial charge in [-0.25, -0.2) is 13.4 Å². The molecule has 1 saturated heterocycles. The predicted octanol–water partition coefficient (Wildman–Crippen LogP) is 0.658. The van der Waals surface area contributed by atoms with Gasteiger partial charge in [-0.1, -0.05) is 0 Å². The van der Waals surface area contributed by atoms with Crippen molar-refractivity contribution in [2.24, 2.45) is 0 Å². The third-order valence-corrected chi connectivity index (χ3v) is 5.40. The molecule has 21 heavy (non-hydrogen) atoms. The van der Waals surface area contributed by atoms with Crippen LogP contribution in [0.25, 0.3) is 0 Å². The fourth-order valence-electron chi connectivity index (χ4n) is 2.08. The van der Waals surface area contributed by atoms with Crippen LogP contribution in [0.3, 0.4) is 0 Å². The molecule has 2 N–H and O–H groups in total. The Bertz CT molecular complexity index is 596. The minimum atomic E-state index is -3.69. The molecule has 1 aromatic heterocycles. The molecule has 1 aliphatic heterocycles. The Hall–Kier alpha value is -0.740. The number of morpholine rings is 1. The number of nitrogens with zero attached hydrogens (tertiary/aromatic N) is 2. The van der Waals surface area contributed by atoms with Gasteiger partial charge >= 0.3 is 0 Å². The second-order valence-electron chi connectivity index (χ2n) is 4.57. The third kappa shape index (κ3) is 3.72. The first-order valence-corrected chi connectivity index (χ1v) is 8.84. The van der Waals surface area contributed by atoms with E-state index in [-0.39, 0.29) is 31.2 Å². The molecule has 7 nitrogen and oxygen atoms in total. The average Bonchev–Trinajstić information content (AvgIpc) is 2.49. The Morgan fingerprint density at radius 2 is 2.38 bits per heavy atom. The molecule has 118 valence electrons. The van der Waals surface area contributed by atoms with Crippen molar-refractivity contribution >= 4 is 31.8 Å². The van der Waals surface area contributed by atoms with Gasteiger partial charge in [0.1, 0.15) is 10.7 Å². The molecule has 1 aliphatic rings. The Kier molecular flexibility index (Phi) is 5.55. The van der Waals surface area contributed by atoms with E-state index in [1.165, 1.54) is 10.4 Å². The Morgan fingerprint density at radius 1 is 1.62 bits per heavy atom. The molecule has 0 aromatic carbocycles. The second kappa shape index (κ2) is 7.01. The fourth-order valence-corrected chi connectivity index (χ4v) is 4.16. The maximum atomic E-state index is 12.8. The summed E-state index contributed by atoms with van der Waals surface area (Å²) in [6, 6.07) is 1.53. The van der Waals surface area contributed by atoms with Crippen molar-refractivity contribution in [2.75, 3.05) is 38.2 Å².